The Morgan fingerprint density at radius 1 is 1.07 bits per heavy atom. The van der Waals surface area contributed by atoms with Crippen molar-refractivity contribution in [1.82, 2.24) is 14.9 Å². The molecule has 2 N–H and O–H groups in total. The van der Waals surface area contributed by atoms with Crippen molar-refractivity contribution in [2.24, 2.45) is 11.8 Å². The number of hydrogen-bond acceptors (Lipinski definition) is 7. The largest absolute Gasteiger partial charge is 0.508 e. The van der Waals surface area contributed by atoms with Gasteiger partial charge in [0.2, 0.25) is 0 Å². The van der Waals surface area contributed by atoms with Gasteiger partial charge < -0.3 is 19.8 Å². The highest BCUT2D eigenvalue weighted by atomic mass is 19.1. The van der Waals surface area contributed by atoms with Gasteiger partial charge in [0, 0.05) is 54.2 Å². The second-order valence-corrected chi connectivity index (χ2v) is 13.0. The maximum atomic E-state index is 14.5. The van der Waals surface area contributed by atoms with E-state index in [0.717, 1.165) is 89.5 Å². The van der Waals surface area contributed by atoms with Crippen molar-refractivity contribution in [3.63, 3.8) is 0 Å². The topological polar surface area (TPSA) is 82.0 Å². The summed E-state index contributed by atoms with van der Waals surface area (Å²) in [6.45, 7) is 3.18. The molecule has 3 aliphatic heterocycles. The van der Waals surface area contributed by atoms with E-state index in [1.165, 1.54) is 0 Å². The molecule has 1 saturated carbocycles. The van der Waals surface area contributed by atoms with Crippen molar-refractivity contribution in [3.05, 3.63) is 54.1 Å². The predicted octanol–water partition coefficient (Wildman–Crippen LogP) is 5.30. The maximum Gasteiger partial charge on any atom is 0.319 e. The molecule has 4 aliphatic rings. The van der Waals surface area contributed by atoms with Gasteiger partial charge in [-0.3, -0.25) is 4.90 Å². The number of benzene rings is 3. The standard InChI is InChI=1S/C35H35FN4O3/c1-2-21-5-3-6-23-13-27(41)15-29(31(21)23)22-9-10-28-30(14-22)37-34(43-20-35-11-4-12-40(35)19-26(36)16-35)38-33(28)39-17-24-7-8-25(18-39)32(24)42/h1,3,5-6,9-10,13-15,24-26,32,41-42H,4,7-8,11-12,16-20H2/t24?,25?,26-,32?,35+/m1/s1. The minimum Gasteiger partial charge on any atom is -0.508 e. The third kappa shape index (κ3) is 4.40. The van der Waals surface area contributed by atoms with Crippen LogP contribution in [-0.2, 0) is 0 Å². The molecule has 0 amide bonds. The zero-order valence-electron chi connectivity index (χ0n) is 24.0. The number of anilines is 1. The SMILES string of the molecule is C#Cc1cccc2cc(O)cc(-c3ccc4c(N5CC6CCC(C5)C6O)nc(OC[C@@]56CCCN5C[C@H](F)C6)nc4c3)c12. The highest BCUT2D eigenvalue weighted by Crippen LogP contribution is 2.43. The van der Waals surface area contributed by atoms with Crippen LogP contribution in [0.2, 0.25) is 0 Å². The first-order chi connectivity index (χ1) is 20.9. The molecule has 4 atom stereocenters. The van der Waals surface area contributed by atoms with E-state index in [1.54, 1.807) is 12.1 Å². The van der Waals surface area contributed by atoms with Crippen molar-refractivity contribution in [3.8, 4) is 35.2 Å². The van der Waals surface area contributed by atoms with E-state index in [4.69, 9.17) is 21.1 Å². The average molecular weight is 579 g/mol. The molecule has 43 heavy (non-hydrogen) atoms. The normalized spacial score (nSPS) is 28.4. The maximum absolute atomic E-state index is 14.5. The number of aromatic hydroxyl groups is 1. The molecule has 1 aromatic heterocycles. The van der Waals surface area contributed by atoms with Crippen molar-refractivity contribution >= 4 is 27.5 Å². The van der Waals surface area contributed by atoms with Crippen molar-refractivity contribution in [1.29, 1.82) is 0 Å². The van der Waals surface area contributed by atoms with Crippen molar-refractivity contribution < 1.29 is 19.3 Å². The Kier molecular flexibility index (Phi) is 6.25. The number of halogens is 1. The lowest BCUT2D eigenvalue weighted by atomic mass is 9.93. The van der Waals surface area contributed by atoms with Gasteiger partial charge in [0.05, 0.1) is 17.2 Å². The van der Waals surface area contributed by atoms with Crippen LogP contribution < -0.4 is 9.64 Å². The third-order valence-electron chi connectivity index (χ3n) is 10.4. The van der Waals surface area contributed by atoms with Gasteiger partial charge in [0.1, 0.15) is 24.3 Å². The van der Waals surface area contributed by atoms with E-state index >= 15 is 0 Å². The Labute approximate surface area is 250 Å². The fraction of sp³-hybridized carbons (Fsp3) is 0.429. The number of alkyl halides is 1. The summed E-state index contributed by atoms with van der Waals surface area (Å²) >= 11 is 0. The molecule has 1 aliphatic carbocycles. The summed E-state index contributed by atoms with van der Waals surface area (Å²) in [4.78, 5) is 14.4. The summed E-state index contributed by atoms with van der Waals surface area (Å²) in [5, 5.41) is 24.0. The van der Waals surface area contributed by atoms with E-state index < -0.39 is 6.17 Å². The van der Waals surface area contributed by atoms with E-state index in [1.807, 2.05) is 36.4 Å². The Hall–Kier alpha value is -3.93. The number of piperidine rings is 1. The number of aliphatic hydroxyl groups is 1. The van der Waals surface area contributed by atoms with Gasteiger partial charge in [-0.05, 0) is 79.1 Å². The van der Waals surface area contributed by atoms with Crippen LogP contribution in [0.4, 0.5) is 10.2 Å². The summed E-state index contributed by atoms with van der Waals surface area (Å²) in [7, 11) is 0. The lowest BCUT2D eigenvalue weighted by Gasteiger charge is -2.36. The molecule has 2 bridgehead atoms. The third-order valence-corrected chi connectivity index (χ3v) is 10.4. The first-order valence-corrected chi connectivity index (χ1v) is 15.4. The number of nitrogens with zero attached hydrogens (tertiary/aromatic N) is 4. The highest BCUT2D eigenvalue weighted by molar-refractivity contribution is 6.03. The lowest BCUT2D eigenvalue weighted by molar-refractivity contribution is 0.0790. The molecule has 8 rings (SSSR count). The molecule has 0 spiro atoms. The van der Waals surface area contributed by atoms with Crippen LogP contribution in [0.5, 0.6) is 11.8 Å². The number of phenolic OH excluding ortho intramolecular Hbond substituents is 1. The number of phenols is 1. The average Bonchev–Trinajstić information content (AvgIpc) is 3.58. The molecule has 2 unspecified atom stereocenters. The van der Waals surface area contributed by atoms with Crippen LogP contribution in [-0.4, -0.2) is 75.7 Å². The predicted molar refractivity (Wildman–Crippen MR) is 165 cm³/mol. The van der Waals surface area contributed by atoms with Crippen LogP contribution in [0.15, 0.2) is 48.5 Å². The number of aliphatic hydroxyl groups excluding tert-OH is 1. The van der Waals surface area contributed by atoms with E-state index in [2.05, 4.69) is 15.7 Å². The fourth-order valence-corrected chi connectivity index (χ4v) is 8.34. The smallest absolute Gasteiger partial charge is 0.319 e. The zero-order chi connectivity index (χ0) is 29.3. The molecule has 8 heteroatoms. The number of ether oxygens (including phenoxy) is 1. The molecule has 4 fully saturated rings. The Bertz CT molecular complexity index is 1780. The Balaban J connectivity index is 1.23. The molecular formula is C35H35FN4O3. The Morgan fingerprint density at radius 2 is 1.91 bits per heavy atom. The summed E-state index contributed by atoms with van der Waals surface area (Å²) < 4.78 is 20.8. The molecule has 7 nitrogen and oxygen atoms in total. The van der Waals surface area contributed by atoms with Crippen molar-refractivity contribution in [2.75, 3.05) is 37.7 Å². The van der Waals surface area contributed by atoms with E-state index in [9.17, 15) is 14.6 Å². The molecule has 3 aromatic carbocycles. The Morgan fingerprint density at radius 3 is 2.72 bits per heavy atom. The van der Waals surface area contributed by atoms with Gasteiger partial charge in [0.25, 0.3) is 0 Å². The van der Waals surface area contributed by atoms with Crippen LogP contribution in [0.1, 0.15) is 37.7 Å². The summed E-state index contributed by atoms with van der Waals surface area (Å²) in [6, 6.07) is 15.6. The van der Waals surface area contributed by atoms with Gasteiger partial charge in [-0.1, -0.05) is 24.1 Å². The van der Waals surface area contributed by atoms with Gasteiger partial charge in [-0.2, -0.15) is 9.97 Å². The second kappa shape index (κ2) is 10.1. The van der Waals surface area contributed by atoms with Crippen molar-refractivity contribution in [2.45, 2.75) is 49.9 Å². The fourth-order valence-electron chi connectivity index (χ4n) is 8.34. The second-order valence-electron chi connectivity index (χ2n) is 13.0. The number of terminal acetylenes is 1. The minimum absolute atomic E-state index is 0.162. The molecule has 0 radical (unpaired) electrons. The molecule has 4 aromatic rings. The molecule has 4 heterocycles. The van der Waals surface area contributed by atoms with E-state index in [-0.39, 0.29) is 35.2 Å². The monoisotopic (exact) mass is 578 g/mol. The lowest BCUT2D eigenvalue weighted by Crippen LogP contribution is -2.45. The number of fused-ring (bicyclic) bond motifs is 5. The first-order valence-electron chi connectivity index (χ1n) is 15.4. The summed E-state index contributed by atoms with van der Waals surface area (Å²) in [6.07, 6.45) is 9.25. The van der Waals surface area contributed by atoms with Gasteiger partial charge in [0.15, 0.2) is 0 Å². The van der Waals surface area contributed by atoms with Gasteiger partial charge in [-0.25, -0.2) is 4.39 Å². The minimum atomic E-state index is -0.834. The summed E-state index contributed by atoms with van der Waals surface area (Å²) in [5.41, 5.74) is 2.87. The van der Waals surface area contributed by atoms with Crippen LogP contribution >= 0.6 is 0 Å². The quantitative estimate of drug-likeness (QED) is 0.311. The zero-order valence-corrected chi connectivity index (χ0v) is 24.0. The van der Waals surface area contributed by atoms with Crippen LogP contribution in [0.25, 0.3) is 32.8 Å². The summed E-state index contributed by atoms with van der Waals surface area (Å²) in [5.74, 6) is 4.20. The molecular weight excluding hydrogens is 543 g/mol. The van der Waals surface area contributed by atoms with Crippen LogP contribution in [0, 0.1) is 24.2 Å². The molecule has 220 valence electrons. The number of rotatable bonds is 5. The van der Waals surface area contributed by atoms with Gasteiger partial charge in [-0.15, -0.1) is 6.42 Å². The molecule has 3 saturated heterocycles. The first kappa shape index (κ1) is 26.7. The van der Waals surface area contributed by atoms with Gasteiger partial charge >= 0.3 is 6.01 Å². The number of aromatic nitrogens is 2. The highest BCUT2D eigenvalue weighted by Gasteiger charge is 2.49. The number of hydrogen-bond donors (Lipinski definition) is 2. The van der Waals surface area contributed by atoms with E-state index in [0.29, 0.717) is 19.6 Å². The van der Waals surface area contributed by atoms with Crippen LogP contribution in [0.3, 0.4) is 0 Å².